The van der Waals surface area contributed by atoms with E-state index >= 15 is 0 Å². The van der Waals surface area contributed by atoms with E-state index < -0.39 is 0 Å². The molecule has 13 heavy (non-hydrogen) atoms. The molecule has 1 amide bonds. The summed E-state index contributed by atoms with van der Waals surface area (Å²) >= 11 is 2.03. The molecule has 3 heteroatoms. The fourth-order valence-corrected chi connectivity index (χ4v) is 4.21. The summed E-state index contributed by atoms with van der Waals surface area (Å²) in [6, 6.07) is 0.460. The average molecular weight is 199 g/mol. The minimum atomic E-state index is 0.254. The van der Waals surface area contributed by atoms with Gasteiger partial charge in [-0.15, -0.1) is 0 Å². The second kappa shape index (κ2) is 2.91. The molecule has 0 saturated carbocycles. The van der Waals surface area contributed by atoms with E-state index in [1.54, 1.807) is 0 Å². The van der Waals surface area contributed by atoms with Crippen molar-refractivity contribution in [2.75, 3.05) is 5.75 Å². The van der Waals surface area contributed by atoms with Gasteiger partial charge in [-0.1, -0.05) is 20.8 Å². The number of carbonyl (C=O) groups excluding carboxylic acids is 1. The van der Waals surface area contributed by atoms with Crippen LogP contribution < -0.4 is 5.32 Å². The third-order valence-corrected chi connectivity index (χ3v) is 4.95. The van der Waals surface area contributed by atoms with Crippen LogP contribution in [0.5, 0.6) is 0 Å². The Kier molecular flexibility index (Phi) is 2.10. The molecule has 0 aromatic carbocycles. The smallest absolute Gasteiger partial charge is 0.220 e. The highest BCUT2D eigenvalue weighted by molar-refractivity contribution is 8.00. The molecule has 3 atom stereocenters. The molecule has 0 bridgehead atoms. The van der Waals surface area contributed by atoms with Gasteiger partial charge in [-0.25, -0.2) is 0 Å². The van der Waals surface area contributed by atoms with Gasteiger partial charge >= 0.3 is 0 Å². The maximum absolute atomic E-state index is 11.2. The molecule has 2 heterocycles. The first-order chi connectivity index (χ1) is 5.98. The number of hydrogen-bond acceptors (Lipinski definition) is 2. The Bertz CT molecular complexity index is 234. The zero-order chi connectivity index (χ0) is 9.64. The largest absolute Gasteiger partial charge is 0.352 e. The molecule has 1 N–H and O–H groups in total. The Labute approximate surface area is 83.8 Å². The number of amides is 1. The summed E-state index contributed by atoms with van der Waals surface area (Å²) in [7, 11) is 0. The highest BCUT2D eigenvalue weighted by Crippen LogP contribution is 2.46. The van der Waals surface area contributed by atoms with Gasteiger partial charge < -0.3 is 5.32 Å². The van der Waals surface area contributed by atoms with Gasteiger partial charge in [0.15, 0.2) is 0 Å². The van der Waals surface area contributed by atoms with Crippen LogP contribution in [-0.4, -0.2) is 23.0 Å². The number of nitrogens with one attached hydrogen (secondary N) is 1. The lowest BCUT2D eigenvalue weighted by Gasteiger charge is -2.30. The van der Waals surface area contributed by atoms with Gasteiger partial charge in [0, 0.05) is 29.4 Å². The molecule has 2 saturated heterocycles. The molecule has 0 spiro atoms. The van der Waals surface area contributed by atoms with Crippen molar-refractivity contribution in [3.05, 3.63) is 0 Å². The van der Waals surface area contributed by atoms with Crippen molar-refractivity contribution in [1.82, 2.24) is 5.32 Å². The van der Waals surface area contributed by atoms with Crippen LogP contribution in [0.15, 0.2) is 0 Å². The molecule has 2 aliphatic rings. The molecule has 0 aliphatic carbocycles. The zero-order valence-corrected chi connectivity index (χ0v) is 9.28. The number of hydrogen-bond donors (Lipinski definition) is 1. The normalized spacial score (nSPS) is 39.0. The summed E-state index contributed by atoms with van der Waals surface area (Å²) in [5.41, 5.74) is 0.330. The molecule has 0 aromatic heterocycles. The van der Waals surface area contributed by atoms with Crippen molar-refractivity contribution in [3.8, 4) is 0 Å². The Morgan fingerprint density at radius 2 is 2.15 bits per heavy atom. The van der Waals surface area contributed by atoms with E-state index in [9.17, 15) is 4.79 Å². The summed E-state index contributed by atoms with van der Waals surface area (Å²) in [6.45, 7) is 6.82. The molecule has 3 unspecified atom stereocenters. The van der Waals surface area contributed by atoms with E-state index in [-0.39, 0.29) is 5.91 Å². The Morgan fingerprint density at radius 3 is 2.77 bits per heavy atom. The molecule has 2 nitrogen and oxygen atoms in total. The maximum atomic E-state index is 11.2. The lowest BCUT2D eigenvalue weighted by atomic mass is 9.81. The van der Waals surface area contributed by atoms with Crippen LogP contribution in [0.25, 0.3) is 0 Å². The fourth-order valence-electron chi connectivity index (χ4n) is 2.44. The summed E-state index contributed by atoms with van der Waals surface area (Å²) < 4.78 is 0. The second-order valence-electron chi connectivity index (χ2n) is 5.16. The van der Waals surface area contributed by atoms with Gasteiger partial charge in [-0.2, -0.15) is 11.8 Å². The first-order valence-corrected chi connectivity index (χ1v) is 5.94. The van der Waals surface area contributed by atoms with Crippen LogP contribution >= 0.6 is 11.8 Å². The van der Waals surface area contributed by atoms with Crippen LogP contribution in [0.2, 0.25) is 0 Å². The molecule has 0 radical (unpaired) electrons. The van der Waals surface area contributed by atoms with Crippen molar-refractivity contribution >= 4 is 17.7 Å². The lowest BCUT2D eigenvalue weighted by Crippen LogP contribution is -2.32. The minimum Gasteiger partial charge on any atom is -0.352 e. The molecular weight excluding hydrogens is 182 g/mol. The van der Waals surface area contributed by atoms with Gasteiger partial charge in [0.2, 0.25) is 5.91 Å². The SMILES string of the molecule is CC(C)(C)C1SCC2NC(=O)CC21. The number of thioether (sulfide) groups is 1. The van der Waals surface area contributed by atoms with Gasteiger partial charge in [-0.05, 0) is 5.41 Å². The average Bonchev–Trinajstić information content (AvgIpc) is 2.41. The minimum absolute atomic E-state index is 0.254. The number of fused-ring (bicyclic) bond motifs is 1. The molecule has 2 rings (SSSR count). The summed E-state index contributed by atoms with van der Waals surface area (Å²) in [6.07, 6.45) is 0.750. The summed E-state index contributed by atoms with van der Waals surface area (Å²) in [5, 5.41) is 3.71. The Balaban J connectivity index is 2.13. The van der Waals surface area contributed by atoms with E-state index in [1.165, 1.54) is 0 Å². The molecular formula is C10H17NOS. The van der Waals surface area contributed by atoms with Gasteiger partial charge in [0.05, 0.1) is 0 Å². The third kappa shape index (κ3) is 1.58. The molecule has 0 aromatic rings. The van der Waals surface area contributed by atoms with E-state index in [4.69, 9.17) is 0 Å². The summed E-state index contributed by atoms with van der Waals surface area (Å²) in [5.74, 6) is 1.94. The van der Waals surface area contributed by atoms with Crippen molar-refractivity contribution in [2.45, 2.75) is 38.5 Å². The summed E-state index contributed by atoms with van der Waals surface area (Å²) in [4.78, 5) is 11.2. The van der Waals surface area contributed by atoms with Crippen LogP contribution in [0.1, 0.15) is 27.2 Å². The fraction of sp³-hybridized carbons (Fsp3) is 0.900. The van der Waals surface area contributed by atoms with Crippen molar-refractivity contribution in [2.24, 2.45) is 11.3 Å². The van der Waals surface area contributed by atoms with E-state index in [1.807, 2.05) is 11.8 Å². The second-order valence-corrected chi connectivity index (χ2v) is 6.34. The topological polar surface area (TPSA) is 29.1 Å². The third-order valence-electron chi connectivity index (χ3n) is 2.98. The van der Waals surface area contributed by atoms with Gasteiger partial charge in [0.1, 0.15) is 0 Å². The Hall–Kier alpha value is -0.180. The number of rotatable bonds is 0. The predicted molar refractivity (Wildman–Crippen MR) is 55.7 cm³/mol. The maximum Gasteiger partial charge on any atom is 0.220 e. The van der Waals surface area contributed by atoms with E-state index in [0.717, 1.165) is 12.2 Å². The van der Waals surface area contributed by atoms with Crippen LogP contribution in [-0.2, 0) is 4.79 Å². The number of carbonyl (C=O) groups is 1. The van der Waals surface area contributed by atoms with Crippen molar-refractivity contribution in [3.63, 3.8) is 0 Å². The van der Waals surface area contributed by atoms with Crippen LogP contribution in [0.4, 0.5) is 0 Å². The van der Waals surface area contributed by atoms with Crippen LogP contribution in [0.3, 0.4) is 0 Å². The zero-order valence-electron chi connectivity index (χ0n) is 8.46. The predicted octanol–water partition coefficient (Wildman–Crippen LogP) is 1.65. The highest BCUT2D eigenvalue weighted by atomic mass is 32.2. The van der Waals surface area contributed by atoms with Gasteiger partial charge in [0.25, 0.3) is 0 Å². The lowest BCUT2D eigenvalue weighted by molar-refractivity contribution is -0.119. The molecule has 2 aliphatic heterocycles. The first kappa shape index (κ1) is 9.38. The standard InChI is InChI=1S/C10H17NOS/c1-10(2,3)9-6-4-8(12)11-7(6)5-13-9/h6-7,9H,4-5H2,1-3H3,(H,11,12). The van der Waals surface area contributed by atoms with Crippen LogP contribution in [0, 0.1) is 11.3 Å². The Morgan fingerprint density at radius 1 is 1.46 bits per heavy atom. The quantitative estimate of drug-likeness (QED) is 0.643. The van der Waals surface area contributed by atoms with Gasteiger partial charge in [-0.3, -0.25) is 4.79 Å². The van der Waals surface area contributed by atoms with E-state index in [0.29, 0.717) is 22.6 Å². The first-order valence-electron chi connectivity index (χ1n) is 4.89. The van der Waals surface area contributed by atoms with E-state index in [2.05, 4.69) is 26.1 Å². The highest BCUT2D eigenvalue weighted by Gasteiger charge is 2.47. The van der Waals surface area contributed by atoms with Crippen molar-refractivity contribution in [1.29, 1.82) is 0 Å². The molecule has 74 valence electrons. The monoisotopic (exact) mass is 199 g/mol. The molecule has 2 fully saturated rings. The van der Waals surface area contributed by atoms with Crippen molar-refractivity contribution < 1.29 is 4.79 Å².